The van der Waals surface area contributed by atoms with E-state index in [0.717, 1.165) is 11.3 Å². The Morgan fingerprint density at radius 1 is 1.32 bits per heavy atom. The second-order valence-electron chi connectivity index (χ2n) is 6.35. The Balaban J connectivity index is 1.59. The quantitative estimate of drug-likeness (QED) is 0.856. The number of nitrogens with zero attached hydrogens (tertiary/aromatic N) is 3. The molecule has 0 saturated carbocycles. The zero-order valence-corrected chi connectivity index (χ0v) is 14.4. The number of anilines is 1. The number of β-amino-alcohol motifs (C(OH)–C–C–N with tert-alkyl or cyclic N) is 1. The molecule has 1 atom stereocenters. The summed E-state index contributed by atoms with van der Waals surface area (Å²) >= 11 is 0. The Hall–Kier alpha value is -2.67. The molecule has 132 valence electrons. The van der Waals surface area contributed by atoms with Crippen LogP contribution in [-0.4, -0.2) is 58.2 Å². The average molecular weight is 342 g/mol. The largest absolute Gasteiger partial charge is 0.491 e. The van der Waals surface area contributed by atoms with Crippen LogP contribution < -0.4 is 10.1 Å². The van der Waals surface area contributed by atoms with Gasteiger partial charge in [-0.1, -0.05) is 17.7 Å². The zero-order chi connectivity index (χ0) is 17.9. The van der Waals surface area contributed by atoms with Crippen molar-refractivity contribution in [3.05, 3.63) is 48.0 Å². The second-order valence-corrected chi connectivity index (χ2v) is 6.35. The van der Waals surface area contributed by atoms with E-state index in [9.17, 15) is 9.90 Å². The van der Waals surface area contributed by atoms with Gasteiger partial charge in [-0.25, -0.2) is 9.97 Å². The molecule has 2 aromatic rings. The Bertz CT molecular complexity index is 733. The van der Waals surface area contributed by atoms with E-state index in [1.165, 1.54) is 0 Å². The number of benzene rings is 1. The van der Waals surface area contributed by atoms with Gasteiger partial charge >= 0.3 is 0 Å². The maximum absolute atomic E-state index is 12.5. The lowest BCUT2D eigenvalue weighted by molar-refractivity contribution is 0.00419. The number of amides is 1. The van der Waals surface area contributed by atoms with Crippen LogP contribution in [0.15, 0.2) is 36.7 Å². The number of aliphatic hydroxyl groups is 1. The van der Waals surface area contributed by atoms with Crippen molar-refractivity contribution in [2.75, 3.05) is 32.1 Å². The summed E-state index contributed by atoms with van der Waals surface area (Å²) in [4.78, 5) is 22.2. The molecule has 1 saturated heterocycles. The zero-order valence-electron chi connectivity index (χ0n) is 14.4. The van der Waals surface area contributed by atoms with Crippen molar-refractivity contribution in [2.24, 2.45) is 0 Å². The lowest BCUT2D eigenvalue weighted by Gasteiger charge is -2.23. The van der Waals surface area contributed by atoms with Gasteiger partial charge in [-0.15, -0.1) is 0 Å². The molecule has 0 aliphatic carbocycles. The highest BCUT2D eigenvalue weighted by Crippen LogP contribution is 2.24. The van der Waals surface area contributed by atoms with Gasteiger partial charge in [0.25, 0.3) is 5.91 Å². The van der Waals surface area contributed by atoms with Crippen LogP contribution in [0.1, 0.15) is 22.6 Å². The summed E-state index contributed by atoms with van der Waals surface area (Å²) < 4.78 is 5.68. The van der Waals surface area contributed by atoms with Crippen LogP contribution in [0.25, 0.3) is 0 Å². The summed E-state index contributed by atoms with van der Waals surface area (Å²) in [6.07, 6.45) is 3.57. The summed E-state index contributed by atoms with van der Waals surface area (Å²) in [6.45, 7) is 2.79. The van der Waals surface area contributed by atoms with Crippen molar-refractivity contribution in [3.63, 3.8) is 0 Å². The van der Waals surface area contributed by atoms with Gasteiger partial charge in [0.2, 0.25) is 5.82 Å². The van der Waals surface area contributed by atoms with E-state index < -0.39 is 5.60 Å². The van der Waals surface area contributed by atoms with Crippen LogP contribution in [0.5, 0.6) is 5.75 Å². The standard InChI is InChI=1S/C18H22N4O3/c1-13-3-5-15(6-4-13)25-12-18(24)7-8-22(11-18)17(23)16-20-9-14(19-2)10-21-16/h3-6,9-10,19,24H,7-8,11-12H2,1-2H3/t18-/m0/s1. The number of ether oxygens (including phenoxy) is 1. The van der Waals surface area contributed by atoms with Crippen molar-refractivity contribution in [1.29, 1.82) is 0 Å². The van der Waals surface area contributed by atoms with Crippen molar-refractivity contribution in [1.82, 2.24) is 14.9 Å². The molecule has 7 heteroatoms. The number of nitrogens with one attached hydrogen (secondary N) is 1. The molecule has 1 aliphatic rings. The number of hydrogen-bond donors (Lipinski definition) is 2. The SMILES string of the molecule is CNc1cnc(C(=O)N2CC[C@@](O)(COc3ccc(C)cc3)C2)nc1. The first kappa shape index (κ1) is 17.2. The van der Waals surface area contributed by atoms with Gasteiger partial charge in [0.1, 0.15) is 18.0 Å². The summed E-state index contributed by atoms with van der Waals surface area (Å²) in [6, 6.07) is 7.65. The van der Waals surface area contributed by atoms with Gasteiger partial charge in [-0.05, 0) is 25.5 Å². The number of aryl methyl sites for hydroxylation is 1. The lowest BCUT2D eigenvalue weighted by Crippen LogP contribution is -2.41. The molecule has 2 N–H and O–H groups in total. The number of likely N-dealkylation sites (tertiary alicyclic amines) is 1. The molecule has 25 heavy (non-hydrogen) atoms. The number of aromatic nitrogens is 2. The van der Waals surface area contributed by atoms with E-state index >= 15 is 0 Å². The minimum atomic E-state index is -1.06. The summed E-state index contributed by atoms with van der Waals surface area (Å²) in [5, 5.41) is 13.6. The van der Waals surface area contributed by atoms with E-state index in [1.807, 2.05) is 31.2 Å². The molecule has 1 fully saturated rings. The Labute approximate surface area is 146 Å². The minimum Gasteiger partial charge on any atom is -0.491 e. The number of rotatable bonds is 5. The highest BCUT2D eigenvalue weighted by atomic mass is 16.5. The normalized spacial score (nSPS) is 19.7. The molecular formula is C18H22N4O3. The first-order chi connectivity index (χ1) is 12.0. The number of carbonyl (C=O) groups excluding carboxylic acids is 1. The van der Waals surface area contributed by atoms with Crippen molar-refractivity contribution < 1.29 is 14.6 Å². The predicted molar refractivity (Wildman–Crippen MR) is 93.7 cm³/mol. The summed E-state index contributed by atoms with van der Waals surface area (Å²) in [5.74, 6) is 0.548. The van der Waals surface area contributed by atoms with E-state index in [-0.39, 0.29) is 24.9 Å². The van der Waals surface area contributed by atoms with Gasteiger partial charge in [-0.2, -0.15) is 0 Å². The highest BCUT2D eigenvalue weighted by molar-refractivity contribution is 5.90. The van der Waals surface area contributed by atoms with Crippen LogP contribution in [0.2, 0.25) is 0 Å². The van der Waals surface area contributed by atoms with Gasteiger partial charge in [0.05, 0.1) is 24.6 Å². The maximum atomic E-state index is 12.5. The van der Waals surface area contributed by atoms with Crippen LogP contribution >= 0.6 is 0 Å². The van der Waals surface area contributed by atoms with E-state index in [1.54, 1.807) is 24.3 Å². The number of hydrogen-bond acceptors (Lipinski definition) is 6. The third-order valence-corrected chi connectivity index (χ3v) is 4.28. The topological polar surface area (TPSA) is 87.6 Å². The van der Waals surface area contributed by atoms with Crippen LogP contribution in [-0.2, 0) is 0 Å². The summed E-state index contributed by atoms with van der Waals surface area (Å²) in [7, 11) is 1.76. The molecule has 0 unspecified atom stereocenters. The van der Waals surface area contributed by atoms with Crippen molar-refractivity contribution in [3.8, 4) is 5.75 Å². The van der Waals surface area contributed by atoms with Gasteiger partial charge in [0.15, 0.2) is 0 Å². The molecule has 0 bridgehead atoms. The molecule has 2 heterocycles. The molecule has 1 aliphatic heterocycles. The Morgan fingerprint density at radius 3 is 2.64 bits per heavy atom. The Morgan fingerprint density at radius 2 is 2.00 bits per heavy atom. The fourth-order valence-electron chi connectivity index (χ4n) is 2.71. The first-order valence-corrected chi connectivity index (χ1v) is 8.20. The van der Waals surface area contributed by atoms with E-state index in [2.05, 4.69) is 15.3 Å². The third kappa shape index (κ3) is 4.06. The fraction of sp³-hybridized carbons (Fsp3) is 0.389. The van der Waals surface area contributed by atoms with Gasteiger partial charge < -0.3 is 20.1 Å². The van der Waals surface area contributed by atoms with E-state index in [0.29, 0.717) is 18.7 Å². The molecule has 1 amide bonds. The van der Waals surface area contributed by atoms with Crippen LogP contribution in [0.3, 0.4) is 0 Å². The fourth-order valence-corrected chi connectivity index (χ4v) is 2.71. The minimum absolute atomic E-state index is 0.128. The molecule has 0 spiro atoms. The highest BCUT2D eigenvalue weighted by Gasteiger charge is 2.39. The molecule has 1 aromatic heterocycles. The number of carbonyl (C=O) groups is 1. The molecule has 3 rings (SSSR count). The van der Waals surface area contributed by atoms with Gasteiger partial charge in [0, 0.05) is 13.6 Å². The average Bonchev–Trinajstić information content (AvgIpc) is 3.03. The van der Waals surface area contributed by atoms with Crippen LogP contribution in [0.4, 0.5) is 5.69 Å². The van der Waals surface area contributed by atoms with Gasteiger partial charge in [-0.3, -0.25) is 4.79 Å². The predicted octanol–water partition coefficient (Wildman–Crippen LogP) is 1.48. The molecular weight excluding hydrogens is 320 g/mol. The molecule has 1 aromatic carbocycles. The smallest absolute Gasteiger partial charge is 0.291 e. The van der Waals surface area contributed by atoms with Crippen LogP contribution in [0, 0.1) is 6.92 Å². The molecule has 7 nitrogen and oxygen atoms in total. The maximum Gasteiger partial charge on any atom is 0.291 e. The van der Waals surface area contributed by atoms with E-state index in [4.69, 9.17) is 4.74 Å². The van der Waals surface area contributed by atoms with Crippen molar-refractivity contribution >= 4 is 11.6 Å². The van der Waals surface area contributed by atoms with Crippen molar-refractivity contribution in [2.45, 2.75) is 18.9 Å². The second kappa shape index (κ2) is 7.06. The third-order valence-electron chi connectivity index (χ3n) is 4.28. The summed E-state index contributed by atoms with van der Waals surface area (Å²) in [5.41, 5.74) is 0.819. The lowest BCUT2D eigenvalue weighted by atomic mass is 10.1. The monoisotopic (exact) mass is 342 g/mol. The molecule has 0 radical (unpaired) electrons. The first-order valence-electron chi connectivity index (χ1n) is 8.20. The Kier molecular flexibility index (Phi) is 4.85.